The lowest BCUT2D eigenvalue weighted by atomic mass is 10.2. The van der Waals surface area contributed by atoms with E-state index in [1.165, 1.54) is 0 Å². The lowest BCUT2D eigenvalue weighted by Crippen LogP contribution is -2.17. The fourth-order valence-electron chi connectivity index (χ4n) is 1.39. The predicted octanol–water partition coefficient (Wildman–Crippen LogP) is 1.96. The van der Waals surface area contributed by atoms with Crippen molar-refractivity contribution in [2.24, 2.45) is 0 Å². The summed E-state index contributed by atoms with van der Waals surface area (Å²) in [5, 5.41) is 0. The second kappa shape index (κ2) is 4.26. The van der Waals surface area contributed by atoms with Gasteiger partial charge in [-0.2, -0.15) is 4.98 Å². The summed E-state index contributed by atoms with van der Waals surface area (Å²) >= 11 is 0. The lowest BCUT2D eigenvalue weighted by molar-refractivity contribution is 0.750. The number of nitrogens with zero attached hydrogens (tertiary/aromatic N) is 2. The molecule has 0 aliphatic carbocycles. The van der Waals surface area contributed by atoms with Crippen molar-refractivity contribution in [1.29, 1.82) is 0 Å². The van der Waals surface area contributed by atoms with Crippen molar-refractivity contribution in [1.82, 2.24) is 15.0 Å². The van der Waals surface area contributed by atoms with Crippen LogP contribution in [0.1, 0.15) is 25.6 Å². The Morgan fingerprint density at radius 3 is 2.44 bits per heavy atom. The molecule has 1 aromatic carbocycles. The Morgan fingerprint density at radius 1 is 1.12 bits per heavy atom. The Bertz CT molecular complexity index is 531. The van der Waals surface area contributed by atoms with Gasteiger partial charge in [-0.05, 0) is 0 Å². The van der Waals surface area contributed by atoms with Crippen LogP contribution in [0.2, 0.25) is 0 Å². The zero-order chi connectivity index (χ0) is 11.5. The van der Waals surface area contributed by atoms with E-state index in [0.717, 1.165) is 5.56 Å². The highest BCUT2D eigenvalue weighted by molar-refractivity contribution is 5.53. The molecule has 0 saturated carbocycles. The third-order valence-electron chi connectivity index (χ3n) is 2.25. The lowest BCUT2D eigenvalue weighted by Gasteiger charge is -2.05. The van der Waals surface area contributed by atoms with Crippen molar-refractivity contribution in [3.63, 3.8) is 0 Å². The fraction of sp³-hybridized carbons (Fsp3) is 0.250. The Hall–Kier alpha value is -1.97. The highest BCUT2D eigenvalue weighted by Crippen LogP contribution is 2.14. The van der Waals surface area contributed by atoms with Crippen LogP contribution in [-0.2, 0) is 0 Å². The smallest absolute Gasteiger partial charge is 0.294 e. The van der Waals surface area contributed by atoms with Crippen LogP contribution in [-0.4, -0.2) is 15.0 Å². The van der Waals surface area contributed by atoms with Gasteiger partial charge in [0.1, 0.15) is 5.82 Å². The van der Waals surface area contributed by atoms with E-state index >= 15 is 0 Å². The highest BCUT2D eigenvalue weighted by Gasteiger charge is 2.07. The van der Waals surface area contributed by atoms with Crippen molar-refractivity contribution in [2.45, 2.75) is 19.8 Å². The molecule has 0 unspecified atom stereocenters. The molecule has 1 N–H and O–H groups in total. The monoisotopic (exact) mass is 215 g/mol. The van der Waals surface area contributed by atoms with Crippen molar-refractivity contribution in [3.8, 4) is 11.4 Å². The number of rotatable bonds is 2. The number of hydrogen-bond acceptors (Lipinski definition) is 3. The average molecular weight is 215 g/mol. The quantitative estimate of drug-likeness (QED) is 0.833. The molecule has 82 valence electrons. The molecule has 16 heavy (non-hydrogen) atoms. The molecule has 1 aromatic heterocycles. The summed E-state index contributed by atoms with van der Waals surface area (Å²) in [7, 11) is 0. The Labute approximate surface area is 93.4 Å². The first kappa shape index (κ1) is 10.5. The fourth-order valence-corrected chi connectivity index (χ4v) is 1.39. The van der Waals surface area contributed by atoms with Gasteiger partial charge < -0.3 is 0 Å². The van der Waals surface area contributed by atoms with E-state index in [1.807, 2.05) is 44.2 Å². The number of nitrogens with one attached hydrogen (secondary N) is 1. The minimum atomic E-state index is -0.349. The zero-order valence-electron chi connectivity index (χ0n) is 9.27. The van der Waals surface area contributed by atoms with Crippen LogP contribution in [0.5, 0.6) is 0 Å². The van der Waals surface area contributed by atoms with Crippen LogP contribution in [0, 0.1) is 0 Å². The molecule has 4 heteroatoms. The SMILES string of the molecule is CC(C)c1nc(-c2ccccc2)nc(=O)[nH]1. The van der Waals surface area contributed by atoms with E-state index in [2.05, 4.69) is 15.0 Å². The Kier molecular flexibility index (Phi) is 2.81. The molecule has 0 bridgehead atoms. The van der Waals surface area contributed by atoms with Gasteiger partial charge in [-0.25, -0.2) is 9.78 Å². The first-order chi connectivity index (χ1) is 7.66. The molecule has 0 atom stereocenters. The highest BCUT2D eigenvalue weighted by atomic mass is 16.1. The number of H-pyrrole nitrogens is 1. The maximum Gasteiger partial charge on any atom is 0.348 e. The number of aromatic nitrogens is 3. The first-order valence-electron chi connectivity index (χ1n) is 5.20. The summed E-state index contributed by atoms with van der Waals surface area (Å²) in [5.41, 5.74) is 0.507. The number of hydrogen-bond donors (Lipinski definition) is 1. The maximum atomic E-state index is 11.4. The van der Waals surface area contributed by atoms with Crippen molar-refractivity contribution >= 4 is 0 Å². The van der Waals surface area contributed by atoms with Crippen molar-refractivity contribution < 1.29 is 0 Å². The minimum absolute atomic E-state index is 0.179. The summed E-state index contributed by atoms with van der Waals surface area (Å²) in [6, 6.07) is 9.49. The standard InChI is InChI=1S/C12H13N3O/c1-8(2)10-13-11(15-12(16)14-10)9-6-4-3-5-7-9/h3-8H,1-2H3,(H,13,14,15,16). The van der Waals surface area contributed by atoms with E-state index in [9.17, 15) is 4.79 Å². The van der Waals surface area contributed by atoms with Crippen molar-refractivity contribution in [2.75, 3.05) is 0 Å². The summed E-state index contributed by atoms with van der Waals surface area (Å²) in [5.74, 6) is 1.32. The zero-order valence-corrected chi connectivity index (χ0v) is 9.27. The summed E-state index contributed by atoms with van der Waals surface area (Å²) in [6.07, 6.45) is 0. The predicted molar refractivity (Wildman–Crippen MR) is 62.2 cm³/mol. The van der Waals surface area contributed by atoms with Gasteiger partial charge in [0.15, 0.2) is 5.82 Å². The van der Waals surface area contributed by atoms with Crippen LogP contribution in [0.25, 0.3) is 11.4 Å². The van der Waals surface area contributed by atoms with Crippen LogP contribution in [0.4, 0.5) is 0 Å². The van der Waals surface area contributed by atoms with Gasteiger partial charge in [0.2, 0.25) is 0 Å². The summed E-state index contributed by atoms with van der Waals surface area (Å²) in [4.78, 5) is 22.2. The minimum Gasteiger partial charge on any atom is -0.294 e. The average Bonchev–Trinajstić information content (AvgIpc) is 2.29. The first-order valence-corrected chi connectivity index (χ1v) is 5.20. The molecule has 2 aromatic rings. The Balaban J connectivity index is 2.54. The van der Waals surface area contributed by atoms with Gasteiger partial charge in [0, 0.05) is 11.5 Å². The number of aromatic amines is 1. The van der Waals surface area contributed by atoms with E-state index in [4.69, 9.17) is 0 Å². The summed E-state index contributed by atoms with van der Waals surface area (Å²) < 4.78 is 0. The third-order valence-corrected chi connectivity index (χ3v) is 2.25. The molecule has 4 nitrogen and oxygen atoms in total. The second-order valence-electron chi connectivity index (χ2n) is 3.88. The largest absolute Gasteiger partial charge is 0.348 e. The molecule has 0 radical (unpaired) electrons. The number of benzene rings is 1. The van der Waals surface area contributed by atoms with Gasteiger partial charge in [-0.1, -0.05) is 44.2 Å². The molecule has 0 spiro atoms. The second-order valence-corrected chi connectivity index (χ2v) is 3.88. The van der Waals surface area contributed by atoms with Crippen LogP contribution < -0.4 is 5.69 Å². The van der Waals surface area contributed by atoms with Crippen molar-refractivity contribution in [3.05, 3.63) is 46.6 Å². The molecule has 0 aliphatic rings. The molecule has 0 aliphatic heterocycles. The molecule has 0 amide bonds. The van der Waals surface area contributed by atoms with E-state index < -0.39 is 0 Å². The van der Waals surface area contributed by atoms with Crippen LogP contribution >= 0.6 is 0 Å². The molecular formula is C12H13N3O. The van der Waals surface area contributed by atoms with Crippen LogP contribution in [0.3, 0.4) is 0 Å². The normalized spacial score (nSPS) is 10.7. The topological polar surface area (TPSA) is 58.6 Å². The van der Waals surface area contributed by atoms with Gasteiger partial charge >= 0.3 is 5.69 Å². The Morgan fingerprint density at radius 2 is 1.81 bits per heavy atom. The van der Waals surface area contributed by atoms with Gasteiger partial charge in [0.25, 0.3) is 0 Å². The third kappa shape index (κ3) is 2.16. The molecular weight excluding hydrogens is 202 g/mol. The van der Waals surface area contributed by atoms with E-state index in [-0.39, 0.29) is 11.6 Å². The molecule has 2 rings (SSSR count). The molecule has 1 heterocycles. The van der Waals surface area contributed by atoms with Gasteiger partial charge in [-0.15, -0.1) is 0 Å². The maximum absolute atomic E-state index is 11.4. The summed E-state index contributed by atoms with van der Waals surface area (Å²) in [6.45, 7) is 3.96. The van der Waals surface area contributed by atoms with E-state index in [0.29, 0.717) is 11.6 Å². The van der Waals surface area contributed by atoms with Gasteiger partial charge in [0.05, 0.1) is 0 Å². The van der Waals surface area contributed by atoms with E-state index in [1.54, 1.807) is 0 Å². The van der Waals surface area contributed by atoms with Crippen LogP contribution in [0.15, 0.2) is 35.1 Å². The van der Waals surface area contributed by atoms with Gasteiger partial charge in [-0.3, -0.25) is 4.98 Å². The molecule has 0 fully saturated rings. The molecule has 0 saturated heterocycles.